The number of nitrogens with zero attached hydrogens (tertiary/aromatic N) is 3. The first-order chi connectivity index (χ1) is 9.26. The van der Waals surface area contributed by atoms with Gasteiger partial charge in [0.2, 0.25) is 0 Å². The molecular weight excluding hydrogens is 242 g/mol. The molecule has 108 valence electrons. The summed E-state index contributed by atoms with van der Waals surface area (Å²) in [7, 11) is 1.73. The van der Waals surface area contributed by atoms with E-state index < -0.39 is 0 Å². The Bertz CT molecular complexity index is 392. The van der Waals surface area contributed by atoms with Gasteiger partial charge in [0.15, 0.2) is 0 Å². The van der Waals surface area contributed by atoms with Gasteiger partial charge in [0, 0.05) is 26.1 Å². The van der Waals surface area contributed by atoms with Gasteiger partial charge in [-0.2, -0.15) is 0 Å². The lowest BCUT2D eigenvalue weighted by Crippen LogP contribution is -2.36. The number of hydrogen-bond acceptors (Lipinski definition) is 5. The Labute approximate surface area is 114 Å². The predicted octanol–water partition coefficient (Wildman–Crippen LogP) is 0.629. The molecule has 1 aliphatic heterocycles. The second-order valence-corrected chi connectivity index (χ2v) is 5.20. The van der Waals surface area contributed by atoms with Crippen molar-refractivity contribution in [3.8, 4) is 0 Å². The molecule has 0 fully saturated rings. The second-order valence-electron chi connectivity index (χ2n) is 5.20. The van der Waals surface area contributed by atoms with Gasteiger partial charge in [0.05, 0.1) is 12.6 Å². The third-order valence-electron chi connectivity index (χ3n) is 3.64. The van der Waals surface area contributed by atoms with E-state index in [2.05, 4.69) is 27.0 Å². The van der Waals surface area contributed by atoms with Crippen LogP contribution >= 0.6 is 0 Å². The summed E-state index contributed by atoms with van der Waals surface area (Å²) in [4.78, 5) is 0. The van der Waals surface area contributed by atoms with Crippen molar-refractivity contribution in [2.75, 3.05) is 20.3 Å². The van der Waals surface area contributed by atoms with E-state index in [0.29, 0.717) is 12.6 Å². The molecular formula is C13H25N5O. The van der Waals surface area contributed by atoms with Crippen molar-refractivity contribution in [2.24, 2.45) is 5.73 Å². The van der Waals surface area contributed by atoms with Crippen LogP contribution in [0.4, 0.5) is 0 Å². The maximum atomic E-state index is 5.58. The number of fused-ring (bicyclic) bond motifs is 1. The summed E-state index contributed by atoms with van der Waals surface area (Å²) in [6.07, 6.45) is 4.26. The number of methoxy groups -OCH3 is 1. The fourth-order valence-electron chi connectivity index (χ4n) is 2.70. The summed E-state index contributed by atoms with van der Waals surface area (Å²) in [5.41, 5.74) is 5.58. The highest BCUT2D eigenvalue weighted by Gasteiger charge is 2.22. The SMILES string of the molecule is COCC(CCCN)NC(C)c1nnc2n1CCC2. The minimum atomic E-state index is 0.192. The van der Waals surface area contributed by atoms with E-state index in [1.165, 1.54) is 6.42 Å². The summed E-state index contributed by atoms with van der Waals surface area (Å²) in [5, 5.41) is 12.2. The molecule has 3 N–H and O–H groups in total. The van der Waals surface area contributed by atoms with Crippen LogP contribution in [0, 0.1) is 0 Å². The summed E-state index contributed by atoms with van der Waals surface area (Å²) >= 11 is 0. The molecule has 6 heteroatoms. The fraction of sp³-hybridized carbons (Fsp3) is 0.846. The van der Waals surface area contributed by atoms with E-state index in [9.17, 15) is 0 Å². The van der Waals surface area contributed by atoms with E-state index in [0.717, 1.165) is 44.0 Å². The Balaban J connectivity index is 1.95. The van der Waals surface area contributed by atoms with E-state index >= 15 is 0 Å². The van der Waals surface area contributed by atoms with Crippen molar-refractivity contribution in [3.05, 3.63) is 11.6 Å². The molecule has 2 rings (SSSR count). The maximum absolute atomic E-state index is 5.58. The first-order valence-corrected chi connectivity index (χ1v) is 7.13. The molecule has 6 nitrogen and oxygen atoms in total. The highest BCUT2D eigenvalue weighted by Crippen LogP contribution is 2.19. The third kappa shape index (κ3) is 3.52. The van der Waals surface area contributed by atoms with Crippen molar-refractivity contribution < 1.29 is 4.74 Å². The zero-order chi connectivity index (χ0) is 13.7. The normalized spacial score (nSPS) is 17.4. The molecule has 2 atom stereocenters. The van der Waals surface area contributed by atoms with Crippen LogP contribution in [0.2, 0.25) is 0 Å². The van der Waals surface area contributed by atoms with Gasteiger partial charge in [-0.3, -0.25) is 0 Å². The molecule has 1 aliphatic rings. The second kappa shape index (κ2) is 6.98. The molecule has 1 aromatic rings. The standard InChI is InChI=1S/C13H25N5O/c1-10(15-11(9-19-2)5-3-7-14)13-17-16-12-6-4-8-18(12)13/h10-11,15H,3-9,14H2,1-2H3. The average Bonchev–Trinajstić information content (AvgIpc) is 2.98. The zero-order valence-electron chi connectivity index (χ0n) is 11.9. The molecule has 2 heterocycles. The van der Waals surface area contributed by atoms with Gasteiger partial charge in [-0.25, -0.2) is 0 Å². The quantitative estimate of drug-likeness (QED) is 0.722. The van der Waals surface area contributed by atoms with Crippen LogP contribution in [0.25, 0.3) is 0 Å². The monoisotopic (exact) mass is 267 g/mol. The minimum Gasteiger partial charge on any atom is -0.383 e. The number of rotatable bonds is 8. The number of nitrogens with two attached hydrogens (primary N) is 1. The molecule has 0 saturated carbocycles. The van der Waals surface area contributed by atoms with Gasteiger partial charge < -0.3 is 20.4 Å². The maximum Gasteiger partial charge on any atom is 0.149 e. The molecule has 0 bridgehead atoms. The Hall–Kier alpha value is -0.980. The molecule has 19 heavy (non-hydrogen) atoms. The highest BCUT2D eigenvalue weighted by atomic mass is 16.5. The summed E-state index contributed by atoms with van der Waals surface area (Å²) in [6, 6.07) is 0.509. The minimum absolute atomic E-state index is 0.192. The lowest BCUT2D eigenvalue weighted by atomic mass is 10.1. The number of aromatic nitrogens is 3. The summed E-state index contributed by atoms with van der Waals surface area (Å²) in [5.74, 6) is 2.16. The lowest BCUT2D eigenvalue weighted by molar-refractivity contribution is 0.155. The Morgan fingerprint density at radius 3 is 3.05 bits per heavy atom. The van der Waals surface area contributed by atoms with Crippen LogP contribution in [0.3, 0.4) is 0 Å². The number of hydrogen-bond donors (Lipinski definition) is 2. The predicted molar refractivity (Wildman–Crippen MR) is 73.8 cm³/mol. The van der Waals surface area contributed by atoms with Gasteiger partial charge in [0.1, 0.15) is 11.6 Å². The molecule has 2 unspecified atom stereocenters. The van der Waals surface area contributed by atoms with Crippen LogP contribution < -0.4 is 11.1 Å². The van der Waals surface area contributed by atoms with Crippen molar-refractivity contribution in [2.45, 2.75) is 51.2 Å². The molecule has 0 aromatic carbocycles. The van der Waals surface area contributed by atoms with E-state index in [-0.39, 0.29) is 6.04 Å². The topological polar surface area (TPSA) is 78.0 Å². The molecule has 0 spiro atoms. The lowest BCUT2D eigenvalue weighted by Gasteiger charge is -2.22. The van der Waals surface area contributed by atoms with Crippen molar-refractivity contribution in [3.63, 3.8) is 0 Å². The van der Waals surface area contributed by atoms with Crippen LogP contribution in [0.1, 0.15) is 43.9 Å². The van der Waals surface area contributed by atoms with Crippen molar-refractivity contribution >= 4 is 0 Å². The molecule has 0 aliphatic carbocycles. The first kappa shape index (κ1) is 14.4. The Kier molecular flexibility index (Phi) is 5.30. The molecule has 0 saturated heterocycles. The van der Waals surface area contributed by atoms with E-state index in [1.54, 1.807) is 7.11 Å². The highest BCUT2D eigenvalue weighted by molar-refractivity contribution is 5.04. The summed E-state index contributed by atoms with van der Waals surface area (Å²) < 4.78 is 7.51. The van der Waals surface area contributed by atoms with Gasteiger partial charge in [0.25, 0.3) is 0 Å². The van der Waals surface area contributed by atoms with Crippen LogP contribution in [-0.4, -0.2) is 41.1 Å². The summed E-state index contributed by atoms with van der Waals surface area (Å²) in [6.45, 7) is 4.60. The van der Waals surface area contributed by atoms with Crippen molar-refractivity contribution in [1.29, 1.82) is 0 Å². The van der Waals surface area contributed by atoms with Gasteiger partial charge in [-0.1, -0.05) is 0 Å². The third-order valence-corrected chi connectivity index (χ3v) is 3.64. The van der Waals surface area contributed by atoms with Crippen molar-refractivity contribution in [1.82, 2.24) is 20.1 Å². The first-order valence-electron chi connectivity index (χ1n) is 7.13. The zero-order valence-corrected chi connectivity index (χ0v) is 11.9. The van der Waals surface area contributed by atoms with Crippen LogP contribution in [0.5, 0.6) is 0 Å². The molecule has 0 amide bonds. The van der Waals surface area contributed by atoms with Gasteiger partial charge >= 0.3 is 0 Å². The fourth-order valence-corrected chi connectivity index (χ4v) is 2.70. The van der Waals surface area contributed by atoms with Crippen LogP contribution in [-0.2, 0) is 17.7 Å². The number of ether oxygens (including phenoxy) is 1. The van der Waals surface area contributed by atoms with Crippen LogP contribution in [0.15, 0.2) is 0 Å². The van der Waals surface area contributed by atoms with Gasteiger partial charge in [-0.15, -0.1) is 10.2 Å². The number of aryl methyl sites for hydroxylation is 1. The van der Waals surface area contributed by atoms with Gasteiger partial charge in [-0.05, 0) is 32.7 Å². The van der Waals surface area contributed by atoms with E-state index in [4.69, 9.17) is 10.5 Å². The van der Waals surface area contributed by atoms with E-state index in [1.807, 2.05) is 0 Å². The average molecular weight is 267 g/mol. The largest absolute Gasteiger partial charge is 0.383 e. The molecule has 0 radical (unpaired) electrons. The smallest absolute Gasteiger partial charge is 0.149 e. The number of nitrogens with one attached hydrogen (secondary N) is 1. The Morgan fingerprint density at radius 1 is 1.47 bits per heavy atom. The Morgan fingerprint density at radius 2 is 2.32 bits per heavy atom. The molecule has 1 aromatic heterocycles.